The lowest BCUT2D eigenvalue weighted by molar-refractivity contribution is -0.111. The fraction of sp³-hybridized carbons (Fsp3) is 0.444. The molecule has 1 amide bonds. The molecular formula is C9H13N3OS. The van der Waals surface area contributed by atoms with Crippen molar-refractivity contribution in [2.24, 2.45) is 5.92 Å². The van der Waals surface area contributed by atoms with E-state index in [0.29, 0.717) is 11.0 Å². The third-order valence-electron chi connectivity index (χ3n) is 1.47. The summed E-state index contributed by atoms with van der Waals surface area (Å²) in [5.74, 6) is 1.05. The normalized spacial score (nSPS) is 10.2. The Bertz CT molecular complexity index is 333. The van der Waals surface area contributed by atoms with Crippen LogP contribution in [0.15, 0.2) is 12.7 Å². The molecule has 1 heterocycles. The highest BCUT2D eigenvalue weighted by Crippen LogP contribution is 2.13. The molecule has 0 atom stereocenters. The highest BCUT2D eigenvalue weighted by molar-refractivity contribution is 7.09. The van der Waals surface area contributed by atoms with Crippen LogP contribution in [0, 0.1) is 5.92 Å². The standard InChI is InChI=1S/C9H13N3OS/c1-4-8(13)11-9-10-7(12-14-9)5-6(2)3/h4,6H,1,5H2,2-3H3,(H,10,11,12,13). The zero-order chi connectivity index (χ0) is 10.6. The highest BCUT2D eigenvalue weighted by atomic mass is 32.1. The lowest BCUT2D eigenvalue weighted by atomic mass is 10.1. The van der Waals surface area contributed by atoms with Crippen LogP contribution in [0.5, 0.6) is 0 Å². The first-order chi connectivity index (χ1) is 6.61. The van der Waals surface area contributed by atoms with E-state index in [0.717, 1.165) is 12.2 Å². The van der Waals surface area contributed by atoms with Gasteiger partial charge in [0.05, 0.1) is 0 Å². The molecule has 0 bridgehead atoms. The van der Waals surface area contributed by atoms with Gasteiger partial charge in [0.1, 0.15) is 5.82 Å². The molecule has 0 saturated heterocycles. The number of hydrogen-bond acceptors (Lipinski definition) is 4. The molecule has 1 rings (SSSR count). The molecule has 1 aromatic rings. The van der Waals surface area contributed by atoms with Crippen molar-refractivity contribution in [1.29, 1.82) is 0 Å². The lowest BCUT2D eigenvalue weighted by Gasteiger charge is -1.97. The predicted molar refractivity (Wildman–Crippen MR) is 57.3 cm³/mol. The Hall–Kier alpha value is -1.23. The van der Waals surface area contributed by atoms with Crippen LogP contribution in [0.1, 0.15) is 19.7 Å². The van der Waals surface area contributed by atoms with E-state index >= 15 is 0 Å². The van der Waals surface area contributed by atoms with Gasteiger partial charge in [0.15, 0.2) is 0 Å². The largest absolute Gasteiger partial charge is 0.297 e. The van der Waals surface area contributed by atoms with E-state index < -0.39 is 0 Å². The van der Waals surface area contributed by atoms with Gasteiger partial charge in [0, 0.05) is 18.0 Å². The monoisotopic (exact) mass is 211 g/mol. The number of aromatic nitrogens is 2. The highest BCUT2D eigenvalue weighted by Gasteiger charge is 2.06. The van der Waals surface area contributed by atoms with Crippen LogP contribution in [0.25, 0.3) is 0 Å². The molecule has 14 heavy (non-hydrogen) atoms. The molecule has 1 N–H and O–H groups in total. The summed E-state index contributed by atoms with van der Waals surface area (Å²) in [6.07, 6.45) is 2.05. The van der Waals surface area contributed by atoms with Gasteiger partial charge in [-0.15, -0.1) is 0 Å². The van der Waals surface area contributed by atoms with Crippen LogP contribution in [0.4, 0.5) is 5.13 Å². The summed E-state index contributed by atoms with van der Waals surface area (Å²) in [7, 11) is 0. The van der Waals surface area contributed by atoms with E-state index in [4.69, 9.17) is 0 Å². The van der Waals surface area contributed by atoms with Gasteiger partial charge in [0.25, 0.3) is 0 Å². The molecule has 5 heteroatoms. The van der Waals surface area contributed by atoms with Crippen LogP contribution in [-0.2, 0) is 11.2 Å². The van der Waals surface area contributed by atoms with Gasteiger partial charge in [-0.05, 0) is 12.0 Å². The molecule has 0 aliphatic carbocycles. The Balaban J connectivity index is 2.59. The molecular weight excluding hydrogens is 198 g/mol. The second-order valence-electron chi connectivity index (χ2n) is 3.31. The summed E-state index contributed by atoms with van der Waals surface area (Å²) >= 11 is 1.19. The van der Waals surface area contributed by atoms with Gasteiger partial charge in [-0.3, -0.25) is 10.1 Å². The van der Waals surface area contributed by atoms with Crippen molar-refractivity contribution in [3.05, 3.63) is 18.5 Å². The number of anilines is 1. The quantitative estimate of drug-likeness (QED) is 0.773. The molecule has 0 spiro atoms. The van der Waals surface area contributed by atoms with Crippen LogP contribution in [-0.4, -0.2) is 15.3 Å². The summed E-state index contributed by atoms with van der Waals surface area (Å²) in [6.45, 7) is 7.56. The first-order valence-corrected chi connectivity index (χ1v) is 5.15. The zero-order valence-corrected chi connectivity index (χ0v) is 9.10. The number of rotatable bonds is 4. The summed E-state index contributed by atoms with van der Waals surface area (Å²) in [5.41, 5.74) is 0. The minimum Gasteiger partial charge on any atom is -0.297 e. The maximum Gasteiger partial charge on any atom is 0.249 e. The van der Waals surface area contributed by atoms with Gasteiger partial charge in [-0.2, -0.15) is 4.37 Å². The maximum absolute atomic E-state index is 10.9. The second-order valence-corrected chi connectivity index (χ2v) is 4.06. The Morgan fingerprint density at radius 3 is 3.00 bits per heavy atom. The van der Waals surface area contributed by atoms with Crippen molar-refractivity contribution in [3.8, 4) is 0 Å². The molecule has 0 aliphatic heterocycles. The van der Waals surface area contributed by atoms with E-state index in [-0.39, 0.29) is 5.91 Å². The maximum atomic E-state index is 10.9. The van der Waals surface area contributed by atoms with Gasteiger partial charge >= 0.3 is 0 Å². The fourth-order valence-corrected chi connectivity index (χ4v) is 1.51. The Labute approximate surface area is 87.2 Å². The number of nitrogens with one attached hydrogen (secondary N) is 1. The molecule has 0 aromatic carbocycles. The topological polar surface area (TPSA) is 54.9 Å². The number of hydrogen-bond donors (Lipinski definition) is 1. The molecule has 0 radical (unpaired) electrons. The van der Waals surface area contributed by atoms with Crippen molar-refractivity contribution in [2.45, 2.75) is 20.3 Å². The van der Waals surface area contributed by atoms with Crippen molar-refractivity contribution in [2.75, 3.05) is 5.32 Å². The van der Waals surface area contributed by atoms with Gasteiger partial charge in [0.2, 0.25) is 11.0 Å². The lowest BCUT2D eigenvalue weighted by Crippen LogP contribution is -2.07. The molecule has 4 nitrogen and oxygen atoms in total. The Kier molecular flexibility index (Phi) is 3.76. The number of amides is 1. The van der Waals surface area contributed by atoms with E-state index in [2.05, 4.69) is 35.1 Å². The van der Waals surface area contributed by atoms with Crippen LogP contribution in [0.2, 0.25) is 0 Å². The molecule has 0 fully saturated rings. The Morgan fingerprint density at radius 2 is 2.43 bits per heavy atom. The summed E-state index contributed by atoms with van der Waals surface area (Å²) in [4.78, 5) is 15.1. The first-order valence-electron chi connectivity index (χ1n) is 4.38. The van der Waals surface area contributed by atoms with E-state index in [1.54, 1.807) is 0 Å². The fourth-order valence-electron chi connectivity index (χ4n) is 0.909. The number of carbonyl (C=O) groups is 1. The van der Waals surface area contributed by atoms with Crippen molar-refractivity contribution in [3.63, 3.8) is 0 Å². The minimum absolute atomic E-state index is 0.253. The first kappa shape index (κ1) is 10.8. The third-order valence-corrected chi connectivity index (χ3v) is 2.14. The SMILES string of the molecule is C=CC(=O)Nc1nc(CC(C)C)ns1. The van der Waals surface area contributed by atoms with Crippen LogP contribution < -0.4 is 5.32 Å². The molecule has 0 saturated carbocycles. The van der Waals surface area contributed by atoms with Gasteiger partial charge < -0.3 is 0 Å². The van der Waals surface area contributed by atoms with Crippen molar-refractivity contribution < 1.29 is 4.79 Å². The van der Waals surface area contributed by atoms with Crippen molar-refractivity contribution >= 4 is 22.6 Å². The minimum atomic E-state index is -0.253. The zero-order valence-electron chi connectivity index (χ0n) is 8.28. The molecule has 1 aromatic heterocycles. The number of carbonyl (C=O) groups excluding carboxylic acids is 1. The summed E-state index contributed by atoms with van der Waals surface area (Å²) in [5, 5.41) is 3.11. The Morgan fingerprint density at radius 1 is 1.71 bits per heavy atom. The smallest absolute Gasteiger partial charge is 0.249 e. The average molecular weight is 211 g/mol. The van der Waals surface area contributed by atoms with Crippen LogP contribution >= 0.6 is 11.5 Å². The summed E-state index contributed by atoms with van der Waals surface area (Å²) in [6, 6.07) is 0. The van der Waals surface area contributed by atoms with Gasteiger partial charge in [-0.1, -0.05) is 20.4 Å². The van der Waals surface area contributed by atoms with E-state index in [9.17, 15) is 4.79 Å². The average Bonchev–Trinajstić information content (AvgIpc) is 2.51. The third kappa shape index (κ3) is 3.26. The van der Waals surface area contributed by atoms with Gasteiger partial charge in [-0.25, -0.2) is 4.98 Å². The molecule has 0 aliphatic rings. The predicted octanol–water partition coefficient (Wildman–Crippen LogP) is 1.86. The summed E-state index contributed by atoms with van der Waals surface area (Å²) < 4.78 is 4.13. The number of nitrogens with zero attached hydrogens (tertiary/aromatic N) is 2. The van der Waals surface area contributed by atoms with E-state index in [1.807, 2.05) is 0 Å². The van der Waals surface area contributed by atoms with Crippen molar-refractivity contribution in [1.82, 2.24) is 9.36 Å². The van der Waals surface area contributed by atoms with Crippen LogP contribution in [0.3, 0.4) is 0 Å². The second kappa shape index (κ2) is 4.85. The molecule has 0 unspecified atom stereocenters. The molecule has 76 valence electrons. The van der Waals surface area contributed by atoms with E-state index in [1.165, 1.54) is 17.6 Å².